The van der Waals surface area contributed by atoms with Gasteiger partial charge in [0.05, 0.1) is 12.2 Å². The van der Waals surface area contributed by atoms with Crippen molar-refractivity contribution in [3.05, 3.63) is 0 Å². The van der Waals surface area contributed by atoms with Crippen LogP contribution >= 0.6 is 0 Å². The Hall–Kier alpha value is -0.810. The Morgan fingerprint density at radius 3 is 2.29 bits per heavy atom. The van der Waals surface area contributed by atoms with Crippen LogP contribution in [0.15, 0.2) is 4.99 Å². The van der Waals surface area contributed by atoms with Crippen molar-refractivity contribution in [2.45, 2.75) is 44.4 Å². The number of rotatable bonds is 3. The Morgan fingerprint density at radius 2 is 1.81 bits per heavy atom. The number of fused-ring (bicyclic) bond motifs is 5. The van der Waals surface area contributed by atoms with Crippen molar-refractivity contribution in [1.29, 1.82) is 0 Å². The molecule has 1 N–H and O–H groups in total. The summed E-state index contributed by atoms with van der Waals surface area (Å²) < 4.78 is 6.05. The number of likely N-dealkylation sites (tertiary alicyclic amines) is 1. The number of hydrogen-bond donors (Lipinski definition) is 1. The van der Waals surface area contributed by atoms with E-state index in [4.69, 9.17) is 4.74 Å². The number of guanidine groups is 1. The largest absolute Gasteiger partial charge is 0.374 e. The summed E-state index contributed by atoms with van der Waals surface area (Å²) in [6.07, 6.45) is 3.56. The molecule has 0 amide bonds. The molecule has 3 aliphatic rings. The second-order valence-corrected chi connectivity index (χ2v) is 7.63. The van der Waals surface area contributed by atoms with E-state index in [2.05, 4.69) is 48.1 Å². The van der Waals surface area contributed by atoms with Gasteiger partial charge in [0.2, 0.25) is 0 Å². The Labute approximate surface area is 128 Å². The summed E-state index contributed by atoms with van der Waals surface area (Å²) >= 11 is 0. The summed E-state index contributed by atoms with van der Waals surface area (Å²) in [5, 5.41) is 3.57. The number of nitrogens with one attached hydrogen (secondary N) is 1. The molecule has 5 heteroatoms. The second-order valence-electron chi connectivity index (χ2n) is 7.63. The Kier molecular flexibility index (Phi) is 3.91. The van der Waals surface area contributed by atoms with E-state index in [1.54, 1.807) is 0 Å². The summed E-state index contributed by atoms with van der Waals surface area (Å²) in [6, 6.07) is 0. The van der Waals surface area contributed by atoms with Gasteiger partial charge in [0.1, 0.15) is 0 Å². The van der Waals surface area contributed by atoms with Crippen LogP contribution in [0.2, 0.25) is 0 Å². The first-order valence-corrected chi connectivity index (χ1v) is 8.21. The molecule has 4 unspecified atom stereocenters. The first kappa shape index (κ1) is 15.1. The van der Waals surface area contributed by atoms with Gasteiger partial charge in [-0.25, -0.2) is 0 Å². The minimum Gasteiger partial charge on any atom is -0.374 e. The second kappa shape index (κ2) is 5.43. The van der Waals surface area contributed by atoms with Crippen LogP contribution in [0.4, 0.5) is 0 Å². The molecule has 0 aromatic heterocycles. The van der Waals surface area contributed by atoms with Gasteiger partial charge in [-0.3, -0.25) is 4.99 Å². The van der Waals surface area contributed by atoms with Gasteiger partial charge in [0, 0.05) is 44.1 Å². The van der Waals surface area contributed by atoms with Gasteiger partial charge in [-0.05, 0) is 40.8 Å². The number of likely N-dealkylation sites (N-methyl/N-ethyl adjacent to an activating group) is 1. The molecule has 120 valence electrons. The quantitative estimate of drug-likeness (QED) is 0.623. The smallest absolute Gasteiger partial charge is 0.193 e. The maximum absolute atomic E-state index is 6.05. The van der Waals surface area contributed by atoms with Crippen molar-refractivity contribution < 1.29 is 4.74 Å². The van der Waals surface area contributed by atoms with E-state index < -0.39 is 0 Å². The molecule has 2 bridgehead atoms. The molecule has 0 aliphatic carbocycles. The zero-order valence-corrected chi connectivity index (χ0v) is 14.1. The van der Waals surface area contributed by atoms with Crippen LogP contribution in [-0.2, 0) is 4.74 Å². The average molecular weight is 294 g/mol. The molecule has 3 aliphatic heterocycles. The third kappa shape index (κ3) is 2.66. The van der Waals surface area contributed by atoms with E-state index in [1.807, 2.05) is 7.05 Å². The zero-order valence-electron chi connectivity index (χ0n) is 14.1. The Morgan fingerprint density at radius 1 is 1.24 bits per heavy atom. The molecule has 21 heavy (non-hydrogen) atoms. The lowest BCUT2D eigenvalue weighted by Crippen LogP contribution is -2.51. The molecule has 3 saturated heterocycles. The SMILES string of the molecule is CN=C(NCC(C)(C)N(C)C)N1CC2C3CCC(O3)C2C1. The van der Waals surface area contributed by atoms with E-state index in [1.165, 1.54) is 12.8 Å². The molecular formula is C16H30N4O. The third-order valence-electron chi connectivity index (χ3n) is 5.85. The molecule has 4 atom stereocenters. The van der Waals surface area contributed by atoms with E-state index in [-0.39, 0.29) is 5.54 Å². The van der Waals surface area contributed by atoms with Crippen LogP contribution in [-0.4, -0.2) is 74.3 Å². The number of hydrogen-bond acceptors (Lipinski definition) is 3. The summed E-state index contributed by atoms with van der Waals surface area (Å²) in [5.74, 6) is 2.51. The van der Waals surface area contributed by atoms with E-state index in [0.717, 1.165) is 37.4 Å². The Balaban J connectivity index is 1.59. The van der Waals surface area contributed by atoms with Crippen LogP contribution in [0, 0.1) is 11.8 Å². The van der Waals surface area contributed by atoms with Gasteiger partial charge in [0.25, 0.3) is 0 Å². The van der Waals surface area contributed by atoms with Gasteiger partial charge in [-0.15, -0.1) is 0 Å². The van der Waals surface area contributed by atoms with Crippen molar-refractivity contribution in [2.75, 3.05) is 40.8 Å². The van der Waals surface area contributed by atoms with Crippen LogP contribution in [0.25, 0.3) is 0 Å². The normalized spacial score (nSPS) is 35.7. The highest BCUT2D eigenvalue weighted by Gasteiger charge is 2.53. The zero-order chi connectivity index (χ0) is 15.2. The molecule has 0 radical (unpaired) electrons. The molecule has 0 aromatic rings. The predicted octanol–water partition coefficient (Wildman–Crippen LogP) is 1.01. The minimum atomic E-state index is 0.119. The first-order chi connectivity index (χ1) is 9.92. The summed E-state index contributed by atoms with van der Waals surface area (Å²) in [6.45, 7) is 7.61. The Bertz CT molecular complexity index is 403. The maximum Gasteiger partial charge on any atom is 0.193 e. The first-order valence-electron chi connectivity index (χ1n) is 8.21. The fraction of sp³-hybridized carbons (Fsp3) is 0.938. The monoisotopic (exact) mass is 294 g/mol. The molecule has 0 spiro atoms. The minimum absolute atomic E-state index is 0.119. The highest BCUT2D eigenvalue weighted by atomic mass is 16.5. The van der Waals surface area contributed by atoms with E-state index in [0.29, 0.717) is 12.2 Å². The average Bonchev–Trinajstić information content (AvgIpc) is 3.11. The topological polar surface area (TPSA) is 40.1 Å². The fourth-order valence-corrected chi connectivity index (χ4v) is 3.92. The molecule has 3 rings (SSSR count). The lowest BCUT2D eigenvalue weighted by Gasteiger charge is -2.34. The highest BCUT2D eigenvalue weighted by molar-refractivity contribution is 5.80. The van der Waals surface area contributed by atoms with Crippen molar-refractivity contribution in [2.24, 2.45) is 16.8 Å². The van der Waals surface area contributed by atoms with Gasteiger partial charge < -0.3 is 19.9 Å². The summed E-state index contributed by atoms with van der Waals surface area (Å²) in [4.78, 5) is 9.19. The highest BCUT2D eigenvalue weighted by Crippen LogP contribution is 2.47. The molecule has 0 aromatic carbocycles. The third-order valence-corrected chi connectivity index (χ3v) is 5.85. The van der Waals surface area contributed by atoms with Crippen LogP contribution in [0.5, 0.6) is 0 Å². The summed E-state index contributed by atoms with van der Waals surface area (Å²) in [7, 11) is 6.14. The van der Waals surface area contributed by atoms with E-state index in [9.17, 15) is 0 Å². The number of nitrogens with zero attached hydrogens (tertiary/aromatic N) is 3. The van der Waals surface area contributed by atoms with Crippen molar-refractivity contribution in [1.82, 2.24) is 15.1 Å². The van der Waals surface area contributed by atoms with Gasteiger partial charge in [-0.1, -0.05) is 0 Å². The van der Waals surface area contributed by atoms with Gasteiger partial charge in [0.15, 0.2) is 5.96 Å². The molecule has 5 nitrogen and oxygen atoms in total. The van der Waals surface area contributed by atoms with Crippen LogP contribution in [0.3, 0.4) is 0 Å². The number of aliphatic imine (C=N–C) groups is 1. The van der Waals surface area contributed by atoms with Gasteiger partial charge in [-0.2, -0.15) is 0 Å². The number of ether oxygens (including phenoxy) is 1. The predicted molar refractivity (Wildman–Crippen MR) is 85.6 cm³/mol. The van der Waals surface area contributed by atoms with Crippen LogP contribution < -0.4 is 5.32 Å². The lowest BCUT2D eigenvalue weighted by atomic mass is 9.82. The van der Waals surface area contributed by atoms with Crippen molar-refractivity contribution >= 4 is 5.96 Å². The standard InChI is InChI=1S/C16H30N4O/c1-16(2,19(4)5)10-18-15(17-3)20-8-11-12(9-20)14-7-6-13(11)21-14/h11-14H,6-10H2,1-5H3,(H,17,18). The molecule has 3 heterocycles. The summed E-state index contributed by atoms with van der Waals surface area (Å²) in [5.41, 5.74) is 0.119. The van der Waals surface area contributed by atoms with Crippen molar-refractivity contribution in [3.63, 3.8) is 0 Å². The van der Waals surface area contributed by atoms with Gasteiger partial charge >= 0.3 is 0 Å². The molecule has 0 saturated carbocycles. The maximum atomic E-state index is 6.05. The van der Waals surface area contributed by atoms with Crippen molar-refractivity contribution in [3.8, 4) is 0 Å². The lowest BCUT2D eigenvalue weighted by molar-refractivity contribution is 0.0766. The van der Waals surface area contributed by atoms with Crippen LogP contribution in [0.1, 0.15) is 26.7 Å². The molecular weight excluding hydrogens is 264 g/mol. The molecule has 3 fully saturated rings. The fourth-order valence-electron chi connectivity index (χ4n) is 3.92. The van der Waals surface area contributed by atoms with E-state index >= 15 is 0 Å².